The summed E-state index contributed by atoms with van der Waals surface area (Å²) in [6.45, 7) is 3.41. The number of nitrogens with zero attached hydrogens (tertiary/aromatic N) is 1. The first-order valence-electron chi connectivity index (χ1n) is 6.01. The number of benzene rings is 1. The van der Waals surface area contributed by atoms with E-state index < -0.39 is 18.0 Å². The second-order valence-electron chi connectivity index (χ2n) is 4.61. The van der Waals surface area contributed by atoms with Crippen LogP contribution >= 0.6 is 0 Å². The highest BCUT2D eigenvalue weighted by atomic mass is 19.4. The summed E-state index contributed by atoms with van der Waals surface area (Å²) < 4.78 is 42.8. The van der Waals surface area contributed by atoms with Gasteiger partial charge in [-0.2, -0.15) is 13.2 Å². The van der Waals surface area contributed by atoms with Gasteiger partial charge in [-0.3, -0.25) is 4.79 Å². The van der Waals surface area contributed by atoms with Gasteiger partial charge >= 0.3 is 12.1 Å². The van der Waals surface area contributed by atoms with Crippen LogP contribution in [0, 0.1) is 0 Å². The molecule has 0 spiro atoms. The van der Waals surface area contributed by atoms with E-state index in [1.165, 1.54) is 6.07 Å². The normalized spacial score (nSPS) is 12.1. The van der Waals surface area contributed by atoms with E-state index in [1.54, 1.807) is 26.0 Å². The van der Waals surface area contributed by atoms with Crippen molar-refractivity contribution in [3.63, 3.8) is 0 Å². The van der Waals surface area contributed by atoms with E-state index in [9.17, 15) is 18.0 Å². The molecule has 20 heavy (non-hydrogen) atoms. The van der Waals surface area contributed by atoms with Crippen LogP contribution < -0.4 is 0 Å². The summed E-state index contributed by atoms with van der Waals surface area (Å²) in [5.41, 5.74) is 0.785. The van der Waals surface area contributed by atoms with Gasteiger partial charge < -0.3 is 9.72 Å². The van der Waals surface area contributed by atoms with Gasteiger partial charge in [-0.25, -0.2) is 4.98 Å². The van der Waals surface area contributed by atoms with Crippen LogP contribution in [0.4, 0.5) is 13.2 Å². The smallest absolute Gasteiger partial charge is 0.449 e. The van der Waals surface area contributed by atoms with Crippen LogP contribution in [-0.2, 0) is 22.1 Å². The fourth-order valence-electron chi connectivity index (χ4n) is 1.83. The van der Waals surface area contributed by atoms with Crippen LogP contribution in [0.1, 0.15) is 25.2 Å². The highest BCUT2D eigenvalue weighted by Gasteiger charge is 2.35. The molecule has 0 bridgehead atoms. The number of carbonyl (C=O) groups excluding carboxylic acids is 1. The Kier molecular flexibility index (Phi) is 3.69. The van der Waals surface area contributed by atoms with Crippen molar-refractivity contribution >= 4 is 17.0 Å². The van der Waals surface area contributed by atoms with Crippen LogP contribution in [0.25, 0.3) is 11.0 Å². The van der Waals surface area contributed by atoms with Gasteiger partial charge in [0.15, 0.2) is 0 Å². The summed E-state index contributed by atoms with van der Waals surface area (Å²) in [5.74, 6) is -1.57. The molecule has 0 aliphatic carbocycles. The summed E-state index contributed by atoms with van der Waals surface area (Å²) in [6.07, 6.45) is -4.93. The topological polar surface area (TPSA) is 55.0 Å². The molecule has 1 aromatic carbocycles. The number of nitrogens with one attached hydrogen (secondary N) is 1. The predicted molar refractivity (Wildman–Crippen MR) is 66.0 cm³/mol. The van der Waals surface area contributed by atoms with Crippen LogP contribution in [0.5, 0.6) is 0 Å². The average Bonchev–Trinajstić information content (AvgIpc) is 2.72. The minimum atomic E-state index is -4.55. The summed E-state index contributed by atoms with van der Waals surface area (Å²) in [6, 6.07) is 4.61. The number of fused-ring (bicyclic) bond motifs is 1. The monoisotopic (exact) mass is 286 g/mol. The lowest BCUT2D eigenvalue weighted by Gasteiger charge is -2.07. The molecule has 0 saturated heterocycles. The summed E-state index contributed by atoms with van der Waals surface area (Å²) >= 11 is 0. The molecular weight excluding hydrogens is 273 g/mol. The Morgan fingerprint density at radius 3 is 2.70 bits per heavy atom. The molecule has 2 aromatic rings. The van der Waals surface area contributed by atoms with Crippen LogP contribution in [-0.4, -0.2) is 22.0 Å². The Hall–Kier alpha value is -2.05. The maximum atomic E-state index is 12.6. The van der Waals surface area contributed by atoms with E-state index in [0.717, 1.165) is 0 Å². The van der Waals surface area contributed by atoms with Gasteiger partial charge in [0.1, 0.15) is 0 Å². The molecule has 0 saturated carbocycles. The van der Waals surface area contributed by atoms with Gasteiger partial charge in [0, 0.05) is 0 Å². The lowest BCUT2D eigenvalue weighted by Crippen LogP contribution is -2.13. The number of esters is 1. The second-order valence-corrected chi connectivity index (χ2v) is 4.61. The van der Waals surface area contributed by atoms with Crippen molar-refractivity contribution in [1.29, 1.82) is 0 Å². The van der Waals surface area contributed by atoms with Crippen molar-refractivity contribution in [2.45, 2.75) is 32.5 Å². The molecule has 0 radical (unpaired) electrons. The zero-order chi connectivity index (χ0) is 14.9. The van der Waals surface area contributed by atoms with Crippen molar-refractivity contribution in [3.05, 3.63) is 29.6 Å². The quantitative estimate of drug-likeness (QED) is 0.882. The second kappa shape index (κ2) is 5.15. The van der Waals surface area contributed by atoms with Crippen molar-refractivity contribution in [1.82, 2.24) is 9.97 Å². The summed E-state index contributed by atoms with van der Waals surface area (Å²) in [7, 11) is 0. The Morgan fingerprint density at radius 1 is 1.40 bits per heavy atom. The number of hydrogen-bond acceptors (Lipinski definition) is 3. The number of ether oxygens (including phenoxy) is 1. The van der Waals surface area contributed by atoms with Crippen LogP contribution in [0.15, 0.2) is 18.2 Å². The maximum Gasteiger partial charge on any atom is 0.449 e. The van der Waals surface area contributed by atoms with Gasteiger partial charge in [-0.05, 0) is 25.5 Å². The first-order chi connectivity index (χ1) is 9.27. The largest absolute Gasteiger partial charge is 0.463 e. The summed E-state index contributed by atoms with van der Waals surface area (Å²) in [4.78, 5) is 17.3. The zero-order valence-electron chi connectivity index (χ0n) is 10.9. The molecule has 2 rings (SSSR count). The van der Waals surface area contributed by atoms with Crippen LogP contribution in [0.2, 0.25) is 0 Å². The Labute approximate surface area is 113 Å². The van der Waals surface area contributed by atoms with E-state index in [2.05, 4.69) is 9.97 Å². The molecular formula is C13H13F3N2O2. The van der Waals surface area contributed by atoms with Crippen molar-refractivity contribution in [3.8, 4) is 0 Å². The number of aromatic nitrogens is 2. The lowest BCUT2D eigenvalue weighted by atomic mass is 10.1. The predicted octanol–water partition coefficient (Wildman–Crippen LogP) is 3.08. The molecule has 4 nitrogen and oxygen atoms in total. The fourth-order valence-corrected chi connectivity index (χ4v) is 1.83. The van der Waals surface area contributed by atoms with E-state index in [-0.39, 0.29) is 23.6 Å². The first kappa shape index (κ1) is 14.4. The highest BCUT2D eigenvalue weighted by molar-refractivity contribution is 5.84. The molecule has 1 N–H and O–H groups in total. The molecule has 7 heteroatoms. The number of carbonyl (C=O) groups is 1. The highest BCUT2D eigenvalue weighted by Crippen LogP contribution is 2.29. The lowest BCUT2D eigenvalue weighted by molar-refractivity contribution is -0.146. The van der Waals surface area contributed by atoms with Crippen molar-refractivity contribution in [2.24, 2.45) is 0 Å². The third kappa shape index (κ3) is 3.09. The number of H-pyrrole nitrogens is 1. The van der Waals surface area contributed by atoms with Gasteiger partial charge in [0.2, 0.25) is 5.82 Å². The van der Waals surface area contributed by atoms with E-state index >= 15 is 0 Å². The SMILES string of the molecule is CC(C)OC(=O)Cc1cccc2[nH]c(C(F)(F)F)nc12. The molecule has 108 valence electrons. The maximum absolute atomic E-state index is 12.6. The van der Waals surface area contributed by atoms with Gasteiger partial charge in [-0.1, -0.05) is 12.1 Å². The Morgan fingerprint density at radius 2 is 2.10 bits per heavy atom. The zero-order valence-corrected chi connectivity index (χ0v) is 10.9. The molecule has 0 unspecified atom stereocenters. The van der Waals surface area contributed by atoms with Gasteiger partial charge in [0.05, 0.1) is 23.6 Å². The third-order valence-electron chi connectivity index (χ3n) is 2.57. The number of halogens is 3. The number of imidazole rings is 1. The van der Waals surface area contributed by atoms with E-state index in [0.29, 0.717) is 5.56 Å². The number of alkyl halides is 3. The molecule has 0 amide bonds. The van der Waals surface area contributed by atoms with Gasteiger partial charge in [-0.15, -0.1) is 0 Å². The Bertz CT molecular complexity index is 632. The molecule has 0 atom stereocenters. The molecule has 0 aliphatic rings. The minimum Gasteiger partial charge on any atom is -0.463 e. The third-order valence-corrected chi connectivity index (χ3v) is 2.57. The molecule has 1 aromatic heterocycles. The molecule has 1 heterocycles. The molecule has 0 fully saturated rings. The number of hydrogen-bond donors (Lipinski definition) is 1. The fraction of sp³-hybridized carbons (Fsp3) is 0.385. The van der Waals surface area contributed by atoms with Gasteiger partial charge in [0.25, 0.3) is 0 Å². The first-order valence-corrected chi connectivity index (χ1v) is 6.01. The number of para-hydroxylation sites is 1. The number of aromatic amines is 1. The Balaban J connectivity index is 2.34. The molecule has 0 aliphatic heterocycles. The minimum absolute atomic E-state index is 0.113. The van der Waals surface area contributed by atoms with Crippen LogP contribution in [0.3, 0.4) is 0 Å². The van der Waals surface area contributed by atoms with Crippen molar-refractivity contribution in [2.75, 3.05) is 0 Å². The average molecular weight is 286 g/mol. The van der Waals surface area contributed by atoms with Crippen molar-refractivity contribution < 1.29 is 22.7 Å². The standard InChI is InChI=1S/C13H13F3N2O2/c1-7(2)20-10(19)6-8-4-3-5-9-11(8)18-12(17-9)13(14,15)16/h3-5,7H,6H2,1-2H3,(H,17,18). The van der Waals surface area contributed by atoms with E-state index in [1.807, 2.05) is 0 Å². The number of rotatable bonds is 3. The summed E-state index contributed by atoms with van der Waals surface area (Å²) in [5, 5.41) is 0. The van der Waals surface area contributed by atoms with E-state index in [4.69, 9.17) is 4.74 Å².